The summed E-state index contributed by atoms with van der Waals surface area (Å²) in [6.45, 7) is 2.37. The summed E-state index contributed by atoms with van der Waals surface area (Å²) < 4.78 is 0. The zero-order valence-corrected chi connectivity index (χ0v) is 11.0. The fourth-order valence-corrected chi connectivity index (χ4v) is 1.56. The maximum atomic E-state index is 11.5. The molecule has 0 saturated heterocycles. The van der Waals surface area contributed by atoms with Crippen LogP contribution in [0, 0.1) is 10.1 Å². The number of benzene rings is 1. The van der Waals surface area contributed by atoms with E-state index in [1.807, 2.05) is 6.92 Å². The summed E-state index contributed by atoms with van der Waals surface area (Å²) in [6, 6.07) is 4.22. The molecular formula is C12H18N4O3. The van der Waals surface area contributed by atoms with Gasteiger partial charge in [0.2, 0.25) is 0 Å². The van der Waals surface area contributed by atoms with Gasteiger partial charge in [0.15, 0.2) is 0 Å². The largest absolute Gasteiger partial charge is 0.379 e. The van der Waals surface area contributed by atoms with Gasteiger partial charge in [0.05, 0.1) is 4.92 Å². The fourth-order valence-electron chi connectivity index (χ4n) is 1.56. The van der Waals surface area contributed by atoms with Crippen molar-refractivity contribution in [1.82, 2.24) is 5.32 Å². The maximum absolute atomic E-state index is 11.5. The Morgan fingerprint density at radius 2 is 2.21 bits per heavy atom. The molecule has 0 spiro atoms. The van der Waals surface area contributed by atoms with E-state index in [-0.39, 0.29) is 17.6 Å². The van der Waals surface area contributed by atoms with Crippen LogP contribution < -0.4 is 16.4 Å². The molecule has 0 saturated carbocycles. The summed E-state index contributed by atoms with van der Waals surface area (Å²) in [5, 5.41) is 16.3. The predicted octanol–water partition coefficient (Wildman–Crippen LogP) is 1.10. The third-order valence-electron chi connectivity index (χ3n) is 2.60. The second-order valence-electron chi connectivity index (χ2n) is 4.26. The molecule has 0 aromatic heterocycles. The average molecular weight is 266 g/mol. The molecule has 19 heavy (non-hydrogen) atoms. The molecule has 4 N–H and O–H groups in total. The smallest absolute Gasteiger partial charge is 0.292 e. The molecule has 1 amide bonds. The monoisotopic (exact) mass is 266 g/mol. The Morgan fingerprint density at radius 1 is 1.53 bits per heavy atom. The van der Waals surface area contributed by atoms with Gasteiger partial charge in [-0.2, -0.15) is 0 Å². The van der Waals surface area contributed by atoms with E-state index < -0.39 is 4.92 Å². The van der Waals surface area contributed by atoms with Gasteiger partial charge in [-0.25, -0.2) is 0 Å². The van der Waals surface area contributed by atoms with Gasteiger partial charge in [-0.15, -0.1) is 0 Å². The highest BCUT2D eigenvalue weighted by atomic mass is 16.6. The third-order valence-corrected chi connectivity index (χ3v) is 2.60. The SMILES string of the molecule is CNC(=O)c1ccc([N+](=O)[O-])c(NCCC(C)N)c1. The Bertz CT molecular complexity index is 474. The predicted molar refractivity (Wildman–Crippen MR) is 73.2 cm³/mol. The third kappa shape index (κ3) is 4.22. The van der Waals surface area contributed by atoms with E-state index in [1.165, 1.54) is 25.2 Å². The van der Waals surface area contributed by atoms with Crippen molar-refractivity contribution in [3.63, 3.8) is 0 Å². The molecule has 1 atom stereocenters. The van der Waals surface area contributed by atoms with E-state index in [4.69, 9.17) is 5.73 Å². The number of nitrogens with one attached hydrogen (secondary N) is 2. The van der Waals surface area contributed by atoms with Crippen molar-refractivity contribution in [1.29, 1.82) is 0 Å². The molecule has 7 nitrogen and oxygen atoms in total. The van der Waals surface area contributed by atoms with Crippen molar-refractivity contribution in [2.24, 2.45) is 5.73 Å². The lowest BCUT2D eigenvalue weighted by Crippen LogP contribution is -2.20. The fraction of sp³-hybridized carbons (Fsp3) is 0.417. The van der Waals surface area contributed by atoms with E-state index in [9.17, 15) is 14.9 Å². The molecule has 0 bridgehead atoms. The van der Waals surface area contributed by atoms with Crippen LogP contribution in [0.1, 0.15) is 23.7 Å². The van der Waals surface area contributed by atoms with Crippen LogP contribution >= 0.6 is 0 Å². The zero-order valence-electron chi connectivity index (χ0n) is 11.0. The minimum absolute atomic E-state index is 0.00804. The van der Waals surface area contributed by atoms with Gasteiger partial charge >= 0.3 is 0 Å². The summed E-state index contributed by atoms with van der Waals surface area (Å²) >= 11 is 0. The number of rotatable bonds is 6. The number of carbonyl (C=O) groups is 1. The Morgan fingerprint density at radius 3 is 2.74 bits per heavy atom. The molecular weight excluding hydrogens is 248 g/mol. The molecule has 1 rings (SSSR count). The van der Waals surface area contributed by atoms with Gasteiger partial charge in [-0.05, 0) is 25.5 Å². The molecule has 0 aliphatic heterocycles. The lowest BCUT2D eigenvalue weighted by Gasteiger charge is -2.10. The first-order valence-electron chi connectivity index (χ1n) is 5.95. The highest BCUT2D eigenvalue weighted by molar-refractivity contribution is 5.95. The van der Waals surface area contributed by atoms with Crippen molar-refractivity contribution < 1.29 is 9.72 Å². The summed E-state index contributed by atoms with van der Waals surface area (Å²) in [6.07, 6.45) is 0.682. The molecule has 1 unspecified atom stereocenters. The number of anilines is 1. The average Bonchev–Trinajstić information content (AvgIpc) is 2.37. The normalized spacial score (nSPS) is 11.7. The minimum atomic E-state index is -0.484. The number of hydrogen-bond donors (Lipinski definition) is 3. The molecule has 0 aliphatic carbocycles. The number of nitro benzene ring substituents is 1. The first-order valence-corrected chi connectivity index (χ1v) is 5.95. The molecule has 0 radical (unpaired) electrons. The van der Waals surface area contributed by atoms with Crippen LogP contribution in [0.25, 0.3) is 0 Å². The van der Waals surface area contributed by atoms with Crippen LogP contribution in [0.3, 0.4) is 0 Å². The van der Waals surface area contributed by atoms with Gasteiger partial charge in [-0.1, -0.05) is 0 Å². The lowest BCUT2D eigenvalue weighted by atomic mass is 10.1. The first-order chi connectivity index (χ1) is 8.95. The van der Waals surface area contributed by atoms with Gasteiger partial charge in [0, 0.05) is 31.3 Å². The first kappa shape index (κ1) is 14.9. The van der Waals surface area contributed by atoms with Crippen molar-refractivity contribution in [3.05, 3.63) is 33.9 Å². The lowest BCUT2D eigenvalue weighted by molar-refractivity contribution is -0.384. The molecule has 0 fully saturated rings. The Hall–Kier alpha value is -2.15. The number of carbonyl (C=O) groups excluding carboxylic acids is 1. The standard InChI is InChI=1S/C12H18N4O3/c1-8(13)5-6-15-10-7-9(12(17)14-2)3-4-11(10)16(18)19/h3-4,7-8,15H,5-6,13H2,1-2H3,(H,14,17). The summed E-state index contributed by atoms with van der Waals surface area (Å²) in [7, 11) is 1.51. The number of nitrogens with zero attached hydrogens (tertiary/aromatic N) is 1. The van der Waals surface area contributed by atoms with E-state index in [2.05, 4.69) is 10.6 Å². The van der Waals surface area contributed by atoms with Crippen molar-refractivity contribution in [2.75, 3.05) is 18.9 Å². The molecule has 7 heteroatoms. The van der Waals surface area contributed by atoms with Crippen molar-refractivity contribution in [2.45, 2.75) is 19.4 Å². The molecule has 104 valence electrons. The van der Waals surface area contributed by atoms with Gasteiger partial charge < -0.3 is 16.4 Å². The van der Waals surface area contributed by atoms with Crippen LogP contribution in [0.15, 0.2) is 18.2 Å². The van der Waals surface area contributed by atoms with E-state index in [1.54, 1.807) is 0 Å². The Kier molecular flexibility index (Phi) is 5.25. The van der Waals surface area contributed by atoms with Crippen molar-refractivity contribution in [3.8, 4) is 0 Å². The van der Waals surface area contributed by atoms with Gasteiger partial charge in [0.1, 0.15) is 5.69 Å². The molecule has 0 heterocycles. The van der Waals surface area contributed by atoms with E-state index >= 15 is 0 Å². The summed E-state index contributed by atoms with van der Waals surface area (Å²) in [4.78, 5) is 21.9. The second kappa shape index (κ2) is 6.69. The van der Waals surface area contributed by atoms with Gasteiger partial charge in [-0.3, -0.25) is 14.9 Å². The Labute approximate surface area is 111 Å². The molecule has 1 aromatic rings. The number of nitrogens with two attached hydrogens (primary N) is 1. The zero-order chi connectivity index (χ0) is 14.4. The van der Waals surface area contributed by atoms with Crippen molar-refractivity contribution >= 4 is 17.3 Å². The number of amides is 1. The maximum Gasteiger partial charge on any atom is 0.292 e. The summed E-state index contributed by atoms with van der Waals surface area (Å²) in [5.41, 5.74) is 6.26. The highest BCUT2D eigenvalue weighted by Gasteiger charge is 2.16. The molecule has 0 aliphatic rings. The van der Waals surface area contributed by atoms with Crippen LogP contribution in [-0.4, -0.2) is 30.5 Å². The Balaban J connectivity index is 2.95. The van der Waals surface area contributed by atoms with E-state index in [0.29, 0.717) is 24.2 Å². The molecule has 1 aromatic carbocycles. The second-order valence-corrected chi connectivity index (χ2v) is 4.26. The van der Waals surface area contributed by atoms with Crippen LogP contribution in [0.4, 0.5) is 11.4 Å². The number of nitro groups is 1. The van der Waals surface area contributed by atoms with Crippen LogP contribution in [-0.2, 0) is 0 Å². The highest BCUT2D eigenvalue weighted by Crippen LogP contribution is 2.25. The van der Waals surface area contributed by atoms with E-state index in [0.717, 1.165) is 0 Å². The minimum Gasteiger partial charge on any atom is -0.379 e. The quantitative estimate of drug-likeness (QED) is 0.527. The van der Waals surface area contributed by atoms with Gasteiger partial charge in [0.25, 0.3) is 11.6 Å². The van der Waals surface area contributed by atoms with Crippen LogP contribution in [0.2, 0.25) is 0 Å². The summed E-state index contributed by atoms with van der Waals surface area (Å²) in [5.74, 6) is -0.287. The number of hydrogen-bond acceptors (Lipinski definition) is 5. The topological polar surface area (TPSA) is 110 Å². The van der Waals surface area contributed by atoms with Crippen LogP contribution in [0.5, 0.6) is 0 Å².